The van der Waals surface area contributed by atoms with Crippen LogP contribution in [0.5, 0.6) is 11.5 Å². The van der Waals surface area contributed by atoms with Crippen LogP contribution in [0, 0.1) is 0 Å². The first kappa shape index (κ1) is 21.6. The van der Waals surface area contributed by atoms with Crippen molar-refractivity contribution in [1.29, 1.82) is 0 Å². The monoisotopic (exact) mass is 450 g/mol. The zero-order chi connectivity index (χ0) is 21.0. The van der Waals surface area contributed by atoms with Gasteiger partial charge in [0.15, 0.2) is 16.7 Å². The second kappa shape index (κ2) is 9.57. The second-order valence-electron chi connectivity index (χ2n) is 6.30. The van der Waals surface area contributed by atoms with Crippen LogP contribution < -0.4 is 14.8 Å². The normalized spacial score (nSPS) is 17.5. The van der Waals surface area contributed by atoms with Gasteiger partial charge in [-0.15, -0.1) is 0 Å². The largest absolute Gasteiger partial charge is 0.493 e. The molecule has 0 unspecified atom stereocenters. The highest BCUT2D eigenvalue weighted by Crippen LogP contribution is 2.35. The van der Waals surface area contributed by atoms with Crippen LogP contribution in [0.2, 0.25) is 10.0 Å². The van der Waals surface area contributed by atoms with Crippen LogP contribution in [0.4, 0.5) is 5.69 Å². The Kier molecular flexibility index (Phi) is 7.11. The number of methoxy groups -OCH3 is 1. The molecule has 8 heteroatoms. The summed E-state index contributed by atoms with van der Waals surface area (Å²) in [7, 11) is 1.59. The molecule has 1 amide bonds. The summed E-state index contributed by atoms with van der Waals surface area (Å²) < 4.78 is 11.3. The molecule has 1 aliphatic heterocycles. The Morgan fingerprint density at radius 2 is 2.03 bits per heavy atom. The van der Waals surface area contributed by atoms with Gasteiger partial charge in [0, 0.05) is 0 Å². The molecule has 29 heavy (non-hydrogen) atoms. The minimum absolute atomic E-state index is 0.0846. The smallest absolute Gasteiger partial charge is 0.264 e. The third kappa shape index (κ3) is 5.26. The highest BCUT2D eigenvalue weighted by molar-refractivity contribution is 8.18. The molecule has 0 aromatic heterocycles. The maximum absolute atomic E-state index is 12.3. The number of carbonyl (C=O) groups excluding carboxylic acids is 1. The Bertz CT molecular complexity index is 992. The first-order valence-corrected chi connectivity index (χ1v) is 10.6. The standard InChI is InChI=1S/C21H20Cl2N2O3S/c1-4-12(2)28-16-9-8-13(10-17(16)27-3)11-18-20(26)25-21(29-18)24-15-7-5-6-14(22)19(15)23/h5-12H,4H2,1-3H3,(H,24,25,26)/b18-11+/t12-/m1/s1. The van der Waals surface area contributed by atoms with Crippen LogP contribution in [0.3, 0.4) is 0 Å². The molecule has 0 radical (unpaired) electrons. The second-order valence-corrected chi connectivity index (χ2v) is 8.12. The van der Waals surface area contributed by atoms with Gasteiger partial charge in [-0.25, -0.2) is 4.99 Å². The number of thioether (sulfide) groups is 1. The van der Waals surface area contributed by atoms with Crippen LogP contribution >= 0.6 is 35.0 Å². The molecule has 1 saturated heterocycles. The Hall–Kier alpha value is -2.15. The molecule has 0 aliphatic carbocycles. The van der Waals surface area contributed by atoms with Gasteiger partial charge in [-0.1, -0.05) is 42.3 Å². The first-order chi connectivity index (χ1) is 13.9. The lowest BCUT2D eigenvalue weighted by Gasteiger charge is -2.15. The number of nitrogens with one attached hydrogen (secondary N) is 1. The van der Waals surface area contributed by atoms with E-state index in [0.29, 0.717) is 37.3 Å². The van der Waals surface area contributed by atoms with Gasteiger partial charge in [-0.05, 0) is 61.0 Å². The lowest BCUT2D eigenvalue weighted by Crippen LogP contribution is -2.19. The molecule has 1 heterocycles. The molecule has 2 aromatic carbocycles. The van der Waals surface area contributed by atoms with Crippen molar-refractivity contribution in [2.75, 3.05) is 7.11 Å². The van der Waals surface area contributed by atoms with Gasteiger partial charge >= 0.3 is 0 Å². The van der Waals surface area contributed by atoms with E-state index in [1.54, 1.807) is 31.4 Å². The molecular weight excluding hydrogens is 431 g/mol. The van der Waals surface area contributed by atoms with E-state index in [4.69, 9.17) is 32.7 Å². The summed E-state index contributed by atoms with van der Waals surface area (Å²) >= 11 is 13.4. The third-order valence-electron chi connectivity index (χ3n) is 4.19. The van der Waals surface area contributed by atoms with E-state index >= 15 is 0 Å². The topological polar surface area (TPSA) is 59.9 Å². The fraction of sp³-hybridized carbons (Fsp3) is 0.238. The SMILES string of the molecule is CC[C@@H](C)Oc1ccc(/C=C2/SC(=Nc3cccc(Cl)c3Cl)NC2=O)cc1OC. The van der Waals surface area contributed by atoms with Crippen molar-refractivity contribution < 1.29 is 14.3 Å². The number of benzene rings is 2. The number of carbonyl (C=O) groups is 1. The third-order valence-corrected chi connectivity index (χ3v) is 5.91. The van der Waals surface area contributed by atoms with E-state index in [2.05, 4.69) is 17.2 Å². The predicted molar refractivity (Wildman–Crippen MR) is 121 cm³/mol. The maximum Gasteiger partial charge on any atom is 0.264 e. The Morgan fingerprint density at radius 3 is 2.76 bits per heavy atom. The number of aliphatic imine (C=N–C) groups is 1. The van der Waals surface area contributed by atoms with Crippen LogP contribution in [-0.2, 0) is 4.79 Å². The van der Waals surface area contributed by atoms with E-state index in [9.17, 15) is 4.79 Å². The molecule has 5 nitrogen and oxygen atoms in total. The highest BCUT2D eigenvalue weighted by Gasteiger charge is 2.24. The number of amidine groups is 1. The quantitative estimate of drug-likeness (QED) is 0.542. The molecule has 0 saturated carbocycles. The Morgan fingerprint density at radius 1 is 1.24 bits per heavy atom. The average molecular weight is 451 g/mol. The number of nitrogens with zero attached hydrogens (tertiary/aromatic N) is 1. The van der Waals surface area contributed by atoms with Gasteiger partial charge in [0.25, 0.3) is 5.91 Å². The van der Waals surface area contributed by atoms with Crippen molar-refractivity contribution >= 4 is 57.8 Å². The van der Waals surface area contributed by atoms with Crippen molar-refractivity contribution in [2.24, 2.45) is 4.99 Å². The van der Waals surface area contributed by atoms with Crippen molar-refractivity contribution in [3.8, 4) is 11.5 Å². The summed E-state index contributed by atoms with van der Waals surface area (Å²) in [5.41, 5.74) is 1.31. The summed E-state index contributed by atoms with van der Waals surface area (Å²) in [6.07, 6.45) is 2.75. The van der Waals surface area contributed by atoms with Crippen LogP contribution in [0.1, 0.15) is 25.8 Å². The van der Waals surface area contributed by atoms with Gasteiger partial charge in [0.2, 0.25) is 0 Å². The van der Waals surface area contributed by atoms with Crippen molar-refractivity contribution in [3.63, 3.8) is 0 Å². The Labute approximate surface area is 184 Å². The number of amides is 1. The average Bonchev–Trinajstić information content (AvgIpc) is 3.05. The number of halogens is 2. The van der Waals surface area contributed by atoms with E-state index in [1.165, 1.54) is 11.8 Å². The Balaban J connectivity index is 1.83. The van der Waals surface area contributed by atoms with Crippen molar-refractivity contribution in [2.45, 2.75) is 26.4 Å². The van der Waals surface area contributed by atoms with Crippen molar-refractivity contribution in [1.82, 2.24) is 5.32 Å². The fourth-order valence-corrected chi connectivity index (χ4v) is 3.66. The summed E-state index contributed by atoms with van der Waals surface area (Å²) in [5.74, 6) is 1.05. The van der Waals surface area contributed by atoms with Gasteiger partial charge in [0.05, 0.1) is 33.9 Å². The molecule has 1 aliphatic rings. The predicted octanol–water partition coefficient (Wildman–Crippen LogP) is 6.07. The summed E-state index contributed by atoms with van der Waals surface area (Å²) in [6, 6.07) is 10.7. The molecule has 1 fully saturated rings. The van der Waals surface area contributed by atoms with E-state index in [-0.39, 0.29) is 12.0 Å². The van der Waals surface area contributed by atoms with E-state index in [0.717, 1.165) is 12.0 Å². The molecule has 2 aromatic rings. The molecule has 0 bridgehead atoms. The number of hydrogen-bond donors (Lipinski definition) is 1. The van der Waals surface area contributed by atoms with Gasteiger partial charge in [-0.3, -0.25) is 4.79 Å². The van der Waals surface area contributed by atoms with Gasteiger partial charge < -0.3 is 14.8 Å². The molecule has 1 atom stereocenters. The number of ether oxygens (including phenoxy) is 2. The van der Waals surface area contributed by atoms with Crippen LogP contribution in [-0.4, -0.2) is 24.3 Å². The summed E-state index contributed by atoms with van der Waals surface area (Å²) in [6.45, 7) is 4.06. The molecule has 0 spiro atoms. The summed E-state index contributed by atoms with van der Waals surface area (Å²) in [4.78, 5) is 17.3. The highest BCUT2D eigenvalue weighted by atomic mass is 35.5. The lowest BCUT2D eigenvalue weighted by atomic mass is 10.2. The number of rotatable bonds is 6. The zero-order valence-corrected chi connectivity index (χ0v) is 18.5. The van der Waals surface area contributed by atoms with E-state index < -0.39 is 0 Å². The minimum atomic E-state index is -0.231. The molecule has 1 N–H and O–H groups in total. The number of hydrogen-bond acceptors (Lipinski definition) is 5. The van der Waals surface area contributed by atoms with Crippen molar-refractivity contribution in [3.05, 3.63) is 56.9 Å². The minimum Gasteiger partial charge on any atom is -0.493 e. The lowest BCUT2D eigenvalue weighted by molar-refractivity contribution is -0.115. The maximum atomic E-state index is 12.3. The molecule has 3 rings (SSSR count). The zero-order valence-electron chi connectivity index (χ0n) is 16.2. The van der Waals surface area contributed by atoms with Crippen LogP contribution in [0.15, 0.2) is 46.3 Å². The van der Waals surface area contributed by atoms with Crippen LogP contribution in [0.25, 0.3) is 6.08 Å². The molecule has 152 valence electrons. The first-order valence-electron chi connectivity index (χ1n) is 8.99. The van der Waals surface area contributed by atoms with E-state index in [1.807, 2.05) is 25.1 Å². The van der Waals surface area contributed by atoms with Gasteiger partial charge in [-0.2, -0.15) is 0 Å². The van der Waals surface area contributed by atoms with Gasteiger partial charge in [0.1, 0.15) is 0 Å². The fourth-order valence-electron chi connectivity index (χ4n) is 2.49. The summed E-state index contributed by atoms with van der Waals surface area (Å²) in [5, 5.41) is 3.93. The molecular formula is C21H20Cl2N2O3S.